The summed E-state index contributed by atoms with van der Waals surface area (Å²) < 4.78 is 3.18. The summed E-state index contributed by atoms with van der Waals surface area (Å²) in [5.74, 6) is 0. The smallest absolute Gasteiger partial charge is 0.0739 e. The van der Waals surface area contributed by atoms with Gasteiger partial charge in [-0.25, -0.2) is 0 Å². The Hall–Kier alpha value is -0.350. The van der Waals surface area contributed by atoms with E-state index in [1.807, 2.05) is 11.7 Å². The molecule has 1 aliphatic rings. The summed E-state index contributed by atoms with van der Waals surface area (Å²) in [6, 6.07) is 0.745. The monoisotopic (exact) mass is 313 g/mol. The number of nitrogens with zero attached hydrogens (tertiary/aromatic N) is 3. The van der Waals surface area contributed by atoms with Crippen LogP contribution < -0.4 is 0 Å². The summed E-state index contributed by atoms with van der Waals surface area (Å²) in [6.45, 7) is 3.04. The average molecular weight is 314 g/mol. The van der Waals surface area contributed by atoms with Crippen LogP contribution in [0.15, 0.2) is 4.47 Å². The number of aromatic nitrogens is 2. The second-order valence-electron chi connectivity index (χ2n) is 5.53. The van der Waals surface area contributed by atoms with E-state index in [1.165, 1.54) is 48.7 Å². The lowest BCUT2D eigenvalue weighted by atomic mass is 10.1. The summed E-state index contributed by atoms with van der Waals surface area (Å²) >= 11 is 3.66. The lowest BCUT2D eigenvalue weighted by Crippen LogP contribution is -2.31. The fourth-order valence-corrected chi connectivity index (χ4v) is 3.38. The normalized spacial score (nSPS) is 18.3. The third-order valence-corrected chi connectivity index (χ3v) is 5.14. The zero-order valence-electron chi connectivity index (χ0n) is 11.7. The van der Waals surface area contributed by atoms with Gasteiger partial charge in [-0.15, -0.1) is 0 Å². The van der Waals surface area contributed by atoms with E-state index in [2.05, 4.69) is 39.9 Å². The number of rotatable bonds is 3. The van der Waals surface area contributed by atoms with Gasteiger partial charge in [-0.1, -0.05) is 25.7 Å². The maximum atomic E-state index is 4.47. The third kappa shape index (κ3) is 3.15. The molecular formula is C14H24BrN3. The van der Waals surface area contributed by atoms with Crippen LogP contribution in [0.25, 0.3) is 0 Å². The van der Waals surface area contributed by atoms with E-state index in [-0.39, 0.29) is 0 Å². The van der Waals surface area contributed by atoms with Gasteiger partial charge in [0.05, 0.1) is 15.9 Å². The topological polar surface area (TPSA) is 21.1 Å². The Morgan fingerprint density at radius 1 is 1.28 bits per heavy atom. The molecule has 0 atom stereocenters. The minimum Gasteiger partial charge on any atom is -0.298 e. The molecule has 0 bridgehead atoms. The second-order valence-corrected chi connectivity index (χ2v) is 6.32. The summed E-state index contributed by atoms with van der Waals surface area (Å²) in [6.07, 6.45) is 8.31. The second kappa shape index (κ2) is 6.20. The molecule has 0 saturated heterocycles. The first kappa shape index (κ1) is 14.1. The molecule has 1 heterocycles. The molecule has 1 saturated carbocycles. The molecule has 0 aromatic carbocycles. The molecule has 1 aromatic heterocycles. The molecule has 102 valence electrons. The molecule has 4 heteroatoms. The van der Waals surface area contributed by atoms with Crippen LogP contribution in [0.4, 0.5) is 0 Å². The first-order valence-corrected chi connectivity index (χ1v) is 7.77. The van der Waals surface area contributed by atoms with Gasteiger partial charge < -0.3 is 0 Å². The molecule has 1 aliphatic carbocycles. The first-order chi connectivity index (χ1) is 8.59. The molecule has 1 fully saturated rings. The van der Waals surface area contributed by atoms with Crippen molar-refractivity contribution < 1.29 is 0 Å². The van der Waals surface area contributed by atoms with Crippen molar-refractivity contribution in [3.8, 4) is 0 Å². The molecule has 0 unspecified atom stereocenters. The highest BCUT2D eigenvalue weighted by Gasteiger charge is 2.20. The Kier molecular flexibility index (Phi) is 4.84. The van der Waals surface area contributed by atoms with Crippen molar-refractivity contribution in [1.82, 2.24) is 14.7 Å². The van der Waals surface area contributed by atoms with Crippen LogP contribution in [-0.2, 0) is 13.6 Å². The van der Waals surface area contributed by atoms with Gasteiger partial charge in [-0.2, -0.15) is 5.10 Å². The van der Waals surface area contributed by atoms with E-state index in [0.29, 0.717) is 0 Å². The van der Waals surface area contributed by atoms with Crippen LogP contribution in [-0.4, -0.2) is 27.8 Å². The number of aryl methyl sites for hydroxylation is 2. The Bertz CT molecular complexity index is 392. The summed E-state index contributed by atoms with van der Waals surface area (Å²) in [5, 5.41) is 4.47. The summed E-state index contributed by atoms with van der Waals surface area (Å²) in [4.78, 5) is 2.51. The highest BCUT2D eigenvalue weighted by Crippen LogP contribution is 2.25. The Morgan fingerprint density at radius 2 is 1.89 bits per heavy atom. The standard InChI is InChI=1S/C14H24BrN3/c1-11-14(15)13(18(3)16-11)10-17(2)12-8-6-4-5-7-9-12/h12H,4-10H2,1-3H3. The van der Waals surface area contributed by atoms with E-state index in [0.717, 1.165) is 18.3 Å². The Morgan fingerprint density at radius 3 is 2.39 bits per heavy atom. The molecule has 2 rings (SSSR count). The molecular weight excluding hydrogens is 290 g/mol. The minimum atomic E-state index is 0.745. The SMILES string of the molecule is Cc1nn(C)c(CN(C)C2CCCCCC2)c1Br. The fraction of sp³-hybridized carbons (Fsp3) is 0.786. The third-order valence-electron chi connectivity index (χ3n) is 4.11. The van der Waals surface area contributed by atoms with Crippen molar-refractivity contribution in [1.29, 1.82) is 0 Å². The van der Waals surface area contributed by atoms with Crippen molar-refractivity contribution in [2.24, 2.45) is 7.05 Å². The van der Waals surface area contributed by atoms with E-state index in [1.54, 1.807) is 0 Å². The van der Waals surface area contributed by atoms with Crippen LogP contribution in [0, 0.1) is 6.92 Å². The van der Waals surface area contributed by atoms with Crippen molar-refractivity contribution in [2.75, 3.05) is 7.05 Å². The zero-order valence-corrected chi connectivity index (χ0v) is 13.3. The Balaban J connectivity index is 2.03. The maximum Gasteiger partial charge on any atom is 0.0739 e. The van der Waals surface area contributed by atoms with Gasteiger partial charge >= 0.3 is 0 Å². The van der Waals surface area contributed by atoms with Crippen molar-refractivity contribution in [2.45, 2.75) is 58.0 Å². The van der Waals surface area contributed by atoms with Crippen LogP contribution in [0.5, 0.6) is 0 Å². The quantitative estimate of drug-likeness (QED) is 0.794. The van der Waals surface area contributed by atoms with E-state index in [9.17, 15) is 0 Å². The molecule has 0 amide bonds. The maximum absolute atomic E-state index is 4.47. The summed E-state index contributed by atoms with van der Waals surface area (Å²) in [5.41, 5.74) is 2.38. The van der Waals surface area contributed by atoms with Gasteiger partial charge in [-0.05, 0) is 42.7 Å². The first-order valence-electron chi connectivity index (χ1n) is 6.98. The van der Waals surface area contributed by atoms with Crippen LogP contribution in [0.3, 0.4) is 0 Å². The van der Waals surface area contributed by atoms with Gasteiger partial charge in [-0.3, -0.25) is 9.58 Å². The van der Waals surface area contributed by atoms with Gasteiger partial charge in [0.25, 0.3) is 0 Å². The van der Waals surface area contributed by atoms with Crippen molar-refractivity contribution in [3.63, 3.8) is 0 Å². The molecule has 3 nitrogen and oxygen atoms in total. The molecule has 1 aromatic rings. The predicted octanol–water partition coefficient (Wildman–Crippen LogP) is 3.65. The van der Waals surface area contributed by atoms with Gasteiger partial charge in [0, 0.05) is 19.6 Å². The van der Waals surface area contributed by atoms with Gasteiger partial charge in [0.15, 0.2) is 0 Å². The molecule has 0 aliphatic heterocycles. The number of halogens is 1. The van der Waals surface area contributed by atoms with E-state index >= 15 is 0 Å². The van der Waals surface area contributed by atoms with Gasteiger partial charge in [0.1, 0.15) is 0 Å². The van der Waals surface area contributed by atoms with Crippen LogP contribution >= 0.6 is 15.9 Å². The minimum absolute atomic E-state index is 0.745. The number of hydrogen-bond acceptors (Lipinski definition) is 2. The summed E-state index contributed by atoms with van der Waals surface area (Å²) in [7, 11) is 4.29. The lowest BCUT2D eigenvalue weighted by molar-refractivity contribution is 0.208. The largest absolute Gasteiger partial charge is 0.298 e. The fourth-order valence-electron chi connectivity index (χ4n) is 2.92. The lowest BCUT2D eigenvalue weighted by Gasteiger charge is -2.27. The van der Waals surface area contributed by atoms with E-state index < -0.39 is 0 Å². The highest BCUT2D eigenvalue weighted by atomic mass is 79.9. The van der Waals surface area contributed by atoms with Crippen molar-refractivity contribution in [3.05, 3.63) is 15.9 Å². The highest BCUT2D eigenvalue weighted by molar-refractivity contribution is 9.10. The zero-order chi connectivity index (χ0) is 13.1. The number of hydrogen-bond donors (Lipinski definition) is 0. The Labute approximate surface area is 119 Å². The van der Waals surface area contributed by atoms with Crippen LogP contribution in [0.1, 0.15) is 49.9 Å². The molecule has 0 radical (unpaired) electrons. The van der Waals surface area contributed by atoms with Crippen molar-refractivity contribution >= 4 is 15.9 Å². The van der Waals surface area contributed by atoms with Crippen LogP contribution in [0.2, 0.25) is 0 Å². The van der Waals surface area contributed by atoms with Gasteiger partial charge in [0.2, 0.25) is 0 Å². The average Bonchev–Trinajstić information content (AvgIpc) is 2.58. The molecule has 0 N–H and O–H groups in total. The predicted molar refractivity (Wildman–Crippen MR) is 78.6 cm³/mol. The molecule has 18 heavy (non-hydrogen) atoms. The molecule has 0 spiro atoms. The van der Waals surface area contributed by atoms with E-state index in [4.69, 9.17) is 0 Å².